The first-order valence-corrected chi connectivity index (χ1v) is 21.5. The molecule has 63 heavy (non-hydrogen) atoms. The summed E-state index contributed by atoms with van der Waals surface area (Å²) in [7, 11) is 2.56. The van der Waals surface area contributed by atoms with E-state index in [1.807, 2.05) is 51.8 Å². The monoisotopic (exact) mass is 853 g/mol. The Morgan fingerprint density at radius 2 is 1.33 bits per heavy atom. The van der Waals surface area contributed by atoms with Crippen molar-refractivity contribution in [1.82, 2.24) is 40.4 Å². The number of likely N-dealkylation sites (tertiary alicyclic amines) is 2. The Balaban J connectivity index is 0.966. The number of hydrogen-bond acceptors (Lipinski definition) is 9. The van der Waals surface area contributed by atoms with Gasteiger partial charge in [-0.15, -0.1) is 0 Å². The fourth-order valence-corrected chi connectivity index (χ4v) is 9.11. The van der Waals surface area contributed by atoms with Gasteiger partial charge in [-0.2, -0.15) is 5.26 Å². The SMILES string of the molecule is COC(=O)NC(C(=O)N1C[C@@H](C#N)C[C@H]1c1ncc(-c2ccc3cc(-c4ccc(-c5cnc([C@@H]6CC7(CC7)CN6C(=O)[C@@H](NC(=O)OC)C(C)C)[nH]5)cc4)ccc3c2)[nH]1)C(C)(C)C. The maximum Gasteiger partial charge on any atom is 0.407 e. The summed E-state index contributed by atoms with van der Waals surface area (Å²) in [4.78, 5) is 72.1. The largest absolute Gasteiger partial charge is 0.453 e. The molecule has 2 aromatic heterocycles. The molecule has 1 aliphatic carbocycles. The van der Waals surface area contributed by atoms with Gasteiger partial charge in [0, 0.05) is 18.7 Å². The summed E-state index contributed by atoms with van der Waals surface area (Å²) in [6.07, 6.45) is 5.69. The number of aromatic amines is 2. The second kappa shape index (κ2) is 16.9. The Bertz CT molecular complexity index is 2580. The van der Waals surface area contributed by atoms with Crippen LogP contribution in [0.3, 0.4) is 0 Å². The van der Waals surface area contributed by atoms with Crippen LogP contribution < -0.4 is 10.6 Å². The van der Waals surface area contributed by atoms with Crippen LogP contribution in [-0.2, 0) is 19.1 Å². The average molecular weight is 854 g/mol. The van der Waals surface area contributed by atoms with E-state index in [0.717, 1.165) is 69.5 Å². The maximum absolute atomic E-state index is 14.0. The minimum atomic E-state index is -0.862. The molecular formula is C48H55N9O6. The van der Waals surface area contributed by atoms with Gasteiger partial charge < -0.3 is 39.9 Å². The van der Waals surface area contributed by atoms with Crippen molar-refractivity contribution < 1.29 is 28.7 Å². The number of nitrogens with one attached hydrogen (secondary N) is 4. The molecule has 15 heteroatoms. The molecule has 2 saturated heterocycles. The van der Waals surface area contributed by atoms with Crippen molar-refractivity contribution in [1.29, 1.82) is 5.26 Å². The highest BCUT2D eigenvalue weighted by atomic mass is 16.5. The third-order valence-electron chi connectivity index (χ3n) is 13.0. The normalized spacial score (nSPS) is 20.1. The highest BCUT2D eigenvalue weighted by Gasteiger charge is 2.55. The lowest BCUT2D eigenvalue weighted by molar-refractivity contribution is -0.137. The minimum absolute atomic E-state index is 0.111. The van der Waals surface area contributed by atoms with Crippen molar-refractivity contribution in [3.05, 3.63) is 84.7 Å². The summed E-state index contributed by atoms with van der Waals surface area (Å²) in [6.45, 7) is 10.3. The first-order valence-electron chi connectivity index (χ1n) is 21.5. The van der Waals surface area contributed by atoms with Gasteiger partial charge in [-0.25, -0.2) is 19.6 Å². The summed E-state index contributed by atoms with van der Waals surface area (Å²) in [5, 5.41) is 17.4. The number of H-pyrrole nitrogens is 2. The average Bonchev–Trinajstić information content (AvgIpc) is 3.78. The predicted molar refractivity (Wildman–Crippen MR) is 236 cm³/mol. The second-order valence-electron chi connectivity index (χ2n) is 18.8. The Morgan fingerprint density at radius 3 is 1.92 bits per heavy atom. The third-order valence-corrected chi connectivity index (χ3v) is 13.0. The fraction of sp³-hybridized carbons (Fsp3) is 0.438. The Hall–Kier alpha value is -6.69. The van der Waals surface area contributed by atoms with Crippen molar-refractivity contribution in [3.8, 4) is 39.7 Å². The molecule has 4 heterocycles. The minimum Gasteiger partial charge on any atom is -0.453 e. The molecule has 5 atom stereocenters. The van der Waals surface area contributed by atoms with Gasteiger partial charge in [0.1, 0.15) is 23.7 Å². The van der Waals surface area contributed by atoms with Gasteiger partial charge in [0.2, 0.25) is 11.8 Å². The van der Waals surface area contributed by atoms with E-state index >= 15 is 0 Å². The lowest BCUT2D eigenvalue weighted by Crippen LogP contribution is -2.54. The first-order chi connectivity index (χ1) is 30.1. The molecule has 8 rings (SSSR count). The zero-order valence-electron chi connectivity index (χ0n) is 36.8. The molecule has 1 saturated carbocycles. The molecule has 2 aliphatic heterocycles. The third kappa shape index (κ3) is 8.71. The van der Waals surface area contributed by atoms with E-state index in [2.05, 4.69) is 81.3 Å². The Morgan fingerprint density at radius 1 is 0.778 bits per heavy atom. The van der Waals surface area contributed by atoms with E-state index in [1.165, 1.54) is 14.2 Å². The molecular weight excluding hydrogens is 799 g/mol. The zero-order chi connectivity index (χ0) is 44.8. The van der Waals surface area contributed by atoms with Crippen LogP contribution in [0.5, 0.6) is 0 Å². The molecule has 3 fully saturated rings. The number of aromatic nitrogens is 4. The van der Waals surface area contributed by atoms with E-state index in [4.69, 9.17) is 19.4 Å². The van der Waals surface area contributed by atoms with Crippen LogP contribution in [-0.4, -0.2) is 93.1 Å². The molecule has 0 radical (unpaired) electrons. The lowest BCUT2D eigenvalue weighted by Gasteiger charge is -2.34. The molecule has 4 N–H and O–H groups in total. The molecule has 5 aromatic rings. The van der Waals surface area contributed by atoms with E-state index in [9.17, 15) is 24.4 Å². The van der Waals surface area contributed by atoms with Crippen LogP contribution in [0.15, 0.2) is 73.1 Å². The first kappa shape index (κ1) is 43.0. The van der Waals surface area contributed by atoms with Gasteiger partial charge in [0.15, 0.2) is 0 Å². The van der Waals surface area contributed by atoms with Crippen molar-refractivity contribution in [3.63, 3.8) is 0 Å². The van der Waals surface area contributed by atoms with Crippen LogP contribution in [0.1, 0.15) is 84.0 Å². The molecule has 3 aliphatic rings. The van der Waals surface area contributed by atoms with Crippen LogP contribution >= 0.6 is 0 Å². The molecule has 1 spiro atoms. The summed E-state index contributed by atoms with van der Waals surface area (Å²) < 4.78 is 9.62. The van der Waals surface area contributed by atoms with Gasteiger partial charge >= 0.3 is 12.2 Å². The van der Waals surface area contributed by atoms with Crippen LogP contribution in [0.25, 0.3) is 44.4 Å². The number of ether oxygens (including phenoxy) is 2. The maximum atomic E-state index is 14.0. The number of amides is 4. The van der Waals surface area contributed by atoms with Crippen molar-refractivity contribution >= 4 is 34.8 Å². The second-order valence-corrected chi connectivity index (χ2v) is 18.8. The number of carbonyl (C=O) groups excluding carboxylic acids is 4. The molecule has 15 nitrogen and oxygen atoms in total. The topological polar surface area (TPSA) is 198 Å². The van der Waals surface area contributed by atoms with Gasteiger partial charge in [0.05, 0.1) is 62.1 Å². The van der Waals surface area contributed by atoms with Crippen LogP contribution in [0.2, 0.25) is 0 Å². The molecule has 4 amide bonds. The Kier molecular flexibility index (Phi) is 11.5. The zero-order valence-corrected chi connectivity index (χ0v) is 36.8. The summed E-state index contributed by atoms with van der Waals surface area (Å²) >= 11 is 0. The number of benzene rings is 3. The van der Waals surface area contributed by atoms with Crippen LogP contribution in [0, 0.1) is 34.0 Å². The fourth-order valence-electron chi connectivity index (χ4n) is 9.11. The Labute approximate surface area is 366 Å². The van der Waals surface area contributed by atoms with Gasteiger partial charge in [-0.3, -0.25) is 9.59 Å². The van der Waals surface area contributed by atoms with E-state index in [1.54, 1.807) is 11.1 Å². The number of nitriles is 1. The molecule has 1 unspecified atom stereocenters. The number of rotatable bonds is 10. The number of alkyl carbamates (subject to hydrolysis) is 2. The molecule has 328 valence electrons. The van der Waals surface area contributed by atoms with Gasteiger partial charge in [0.25, 0.3) is 0 Å². The van der Waals surface area contributed by atoms with Crippen LogP contribution in [0.4, 0.5) is 9.59 Å². The highest BCUT2D eigenvalue weighted by molar-refractivity contribution is 5.91. The standard InChI is InChI=1S/C48H55N9O6/c1-27(2)39(54-45(60)62-6)43(58)57-26-48(16-17-48)21-38(57)42-51-23-35(52-42)30-10-8-29(9-11-30)31-12-13-33-20-34(15-14-32(33)19-31)36-24-50-41(53-36)37-18-28(22-49)25-56(37)44(59)40(47(3,4)5)55-46(61)63-7/h8-15,19-20,23-24,27-28,37-40H,16-18,21,25-26H2,1-7H3,(H,50,53)(H,51,52)(H,54,60)(H,55,61)/t28-,37+,38+,39+,40?/m1/s1. The number of carbonyl (C=O) groups is 4. The van der Waals surface area contributed by atoms with Crippen molar-refractivity contribution in [2.75, 3.05) is 27.3 Å². The predicted octanol–water partition coefficient (Wildman–Crippen LogP) is 7.91. The number of methoxy groups -OCH3 is 2. The molecule has 0 bridgehead atoms. The van der Waals surface area contributed by atoms with E-state index in [0.29, 0.717) is 18.8 Å². The lowest BCUT2D eigenvalue weighted by atomic mass is 9.85. The van der Waals surface area contributed by atoms with Gasteiger partial charge in [-0.05, 0) is 82.0 Å². The van der Waals surface area contributed by atoms with E-state index in [-0.39, 0.29) is 41.7 Å². The quantitative estimate of drug-likeness (QED) is 0.108. The highest BCUT2D eigenvalue weighted by Crippen LogP contribution is 2.58. The van der Waals surface area contributed by atoms with E-state index < -0.39 is 35.7 Å². The summed E-state index contributed by atoms with van der Waals surface area (Å²) in [6, 6.07) is 21.0. The number of nitrogens with zero attached hydrogens (tertiary/aromatic N) is 5. The van der Waals surface area contributed by atoms with Crippen molar-refractivity contribution in [2.24, 2.45) is 22.7 Å². The number of hydrogen-bond donors (Lipinski definition) is 4. The number of imidazole rings is 2. The number of fused-ring (bicyclic) bond motifs is 1. The van der Waals surface area contributed by atoms with Crippen molar-refractivity contribution in [2.45, 2.75) is 84.5 Å². The molecule has 3 aromatic carbocycles. The summed E-state index contributed by atoms with van der Waals surface area (Å²) in [5.74, 6) is 0.430. The smallest absolute Gasteiger partial charge is 0.407 e. The summed E-state index contributed by atoms with van der Waals surface area (Å²) in [5.41, 5.74) is 5.19. The van der Waals surface area contributed by atoms with Gasteiger partial charge in [-0.1, -0.05) is 83.1 Å².